The lowest BCUT2D eigenvalue weighted by molar-refractivity contribution is 0.122. The molecule has 2 N–H and O–H groups in total. The smallest absolute Gasteiger partial charge is 0.143 e. The molecular formula is C11H16ClNO2. The van der Waals surface area contributed by atoms with E-state index in [0.717, 1.165) is 11.1 Å². The van der Waals surface area contributed by atoms with E-state index in [0.29, 0.717) is 23.3 Å². The molecule has 3 nitrogen and oxygen atoms in total. The van der Waals surface area contributed by atoms with Crippen molar-refractivity contribution in [2.75, 3.05) is 7.11 Å². The molecule has 0 aliphatic rings. The van der Waals surface area contributed by atoms with Gasteiger partial charge in [-0.15, -0.1) is 0 Å². The predicted molar refractivity (Wildman–Crippen MR) is 61.1 cm³/mol. The Morgan fingerprint density at radius 2 is 2.07 bits per heavy atom. The second-order valence-electron chi connectivity index (χ2n) is 3.66. The van der Waals surface area contributed by atoms with Crippen LogP contribution < -0.4 is 10.6 Å². The van der Waals surface area contributed by atoms with E-state index in [1.165, 1.54) is 0 Å². The summed E-state index contributed by atoms with van der Waals surface area (Å²) in [4.78, 5) is 4.62. The third kappa shape index (κ3) is 2.84. The summed E-state index contributed by atoms with van der Waals surface area (Å²) in [5.74, 6) is 6.10. The van der Waals surface area contributed by atoms with Crippen LogP contribution in [0.2, 0.25) is 5.02 Å². The van der Waals surface area contributed by atoms with E-state index in [1.807, 2.05) is 12.1 Å². The maximum absolute atomic E-state index is 6.09. The van der Waals surface area contributed by atoms with Gasteiger partial charge in [0.2, 0.25) is 0 Å². The molecule has 0 heterocycles. The van der Waals surface area contributed by atoms with E-state index in [-0.39, 0.29) is 0 Å². The van der Waals surface area contributed by atoms with Crippen LogP contribution in [-0.2, 0) is 11.4 Å². The Kier molecular flexibility index (Phi) is 4.39. The van der Waals surface area contributed by atoms with E-state index in [4.69, 9.17) is 22.2 Å². The van der Waals surface area contributed by atoms with Crippen molar-refractivity contribution >= 4 is 11.6 Å². The summed E-state index contributed by atoms with van der Waals surface area (Å²) in [7, 11) is 1.58. The Hall–Kier alpha value is -0.770. The van der Waals surface area contributed by atoms with Crippen LogP contribution in [0.4, 0.5) is 0 Å². The van der Waals surface area contributed by atoms with Gasteiger partial charge >= 0.3 is 0 Å². The second-order valence-corrected chi connectivity index (χ2v) is 4.07. The summed E-state index contributed by atoms with van der Waals surface area (Å²) in [6, 6.07) is 3.91. The quantitative estimate of drug-likeness (QED) is 0.808. The van der Waals surface area contributed by atoms with Crippen LogP contribution in [-0.4, -0.2) is 7.11 Å². The number of halogens is 1. The van der Waals surface area contributed by atoms with Gasteiger partial charge in [-0.2, -0.15) is 0 Å². The molecule has 15 heavy (non-hydrogen) atoms. The fourth-order valence-electron chi connectivity index (χ4n) is 1.43. The Bertz CT molecular complexity index is 340. The van der Waals surface area contributed by atoms with Crippen LogP contribution in [0.5, 0.6) is 5.75 Å². The summed E-state index contributed by atoms with van der Waals surface area (Å²) < 4.78 is 5.20. The number of benzene rings is 1. The zero-order valence-corrected chi connectivity index (χ0v) is 9.97. The Labute approximate surface area is 95.1 Å². The highest BCUT2D eigenvalue weighted by molar-refractivity contribution is 6.32. The first-order valence-electron chi connectivity index (χ1n) is 4.78. The molecule has 0 bridgehead atoms. The van der Waals surface area contributed by atoms with E-state index in [9.17, 15) is 0 Å². The molecule has 0 aromatic heterocycles. The number of hydrogen-bond acceptors (Lipinski definition) is 3. The minimum absolute atomic E-state index is 0.295. The minimum Gasteiger partial charge on any atom is -0.495 e. The lowest BCUT2D eigenvalue weighted by atomic mass is 10.0. The normalized spacial score (nSPS) is 10.8. The third-order valence-electron chi connectivity index (χ3n) is 2.25. The van der Waals surface area contributed by atoms with Gasteiger partial charge in [-0.3, -0.25) is 4.84 Å². The summed E-state index contributed by atoms with van der Waals surface area (Å²) in [5.41, 5.74) is 2.02. The fraction of sp³-hybridized carbons (Fsp3) is 0.455. The monoisotopic (exact) mass is 229 g/mol. The molecule has 0 atom stereocenters. The van der Waals surface area contributed by atoms with Crippen LogP contribution in [0.1, 0.15) is 30.9 Å². The summed E-state index contributed by atoms with van der Waals surface area (Å²) >= 11 is 6.09. The summed E-state index contributed by atoms with van der Waals surface area (Å²) in [5, 5.41) is 0.593. The van der Waals surface area contributed by atoms with Crippen LogP contribution in [0.15, 0.2) is 12.1 Å². The van der Waals surface area contributed by atoms with Gasteiger partial charge in [0.05, 0.1) is 18.7 Å². The second kappa shape index (κ2) is 5.35. The van der Waals surface area contributed by atoms with Gasteiger partial charge in [-0.1, -0.05) is 25.4 Å². The molecule has 0 amide bonds. The molecule has 0 aliphatic carbocycles. The van der Waals surface area contributed by atoms with Crippen molar-refractivity contribution in [2.24, 2.45) is 5.90 Å². The molecule has 0 aliphatic heterocycles. The third-order valence-corrected chi connectivity index (χ3v) is 2.53. The molecule has 0 fully saturated rings. The molecule has 0 saturated heterocycles. The van der Waals surface area contributed by atoms with E-state index in [1.54, 1.807) is 7.11 Å². The molecular weight excluding hydrogens is 214 g/mol. The van der Waals surface area contributed by atoms with Crippen molar-refractivity contribution in [3.8, 4) is 5.75 Å². The average Bonchev–Trinajstić information content (AvgIpc) is 2.17. The average molecular weight is 230 g/mol. The Morgan fingerprint density at radius 1 is 1.40 bits per heavy atom. The fourth-order valence-corrected chi connectivity index (χ4v) is 1.76. The Balaban J connectivity index is 3.19. The van der Waals surface area contributed by atoms with E-state index < -0.39 is 0 Å². The first-order valence-corrected chi connectivity index (χ1v) is 5.16. The van der Waals surface area contributed by atoms with Gasteiger partial charge in [0, 0.05) is 5.56 Å². The van der Waals surface area contributed by atoms with E-state index >= 15 is 0 Å². The molecule has 1 rings (SSSR count). The Morgan fingerprint density at radius 3 is 2.53 bits per heavy atom. The van der Waals surface area contributed by atoms with Crippen molar-refractivity contribution in [3.05, 3.63) is 28.3 Å². The first-order chi connectivity index (χ1) is 7.10. The summed E-state index contributed by atoms with van der Waals surface area (Å²) in [6.07, 6.45) is 0. The summed E-state index contributed by atoms with van der Waals surface area (Å²) in [6.45, 7) is 4.50. The van der Waals surface area contributed by atoms with Crippen LogP contribution >= 0.6 is 11.6 Å². The number of hydrogen-bond donors (Lipinski definition) is 1. The van der Waals surface area contributed by atoms with Gasteiger partial charge in [-0.25, -0.2) is 5.90 Å². The predicted octanol–water partition coefficient (Wildman–Crippen LogP) is 2.86. The van der Waals surface area contributed by atoms with Crippen molar-refractivity contribution < 1.29 is 9.57 Å². The molecule has 1 aromatic rings. The van der Waals surface area contributed by atoms with Crippen LogP contribution in [0.25, 0.3) is 0 Å². The molecule has 0 spiro atoms. The van der Waals surface area contributed by atoms with Gasteiger partial charge in [0.25, 0.3) is 0 Å². The standard InChI is InChI=1S/C11H16ClNO2/c1-7(2)8-4-9(6-15-13)11(14-3)10(12)5-8/h4-5,7H,6,13H2,1-3H3. The zero-order chi connectivity index (χ0) is 11.4. The molecule has 1 aromatic carbocycles. The lowest BCUT2D eigenvalue weighted by Gasteiger charge is -2.13. The van der Waals surface area contributed by atoms with Crippen molar-refractivity contribution in [2.45, 2.75) is 26.4 Å². The number of nitrogens with two attached hydrogens (primary N) is 1. The highest BCUT2D eigenvalue weighted by Gasteiger charge is 2.11. The minimum atomic E-state index is 0.295. The van der Waals surface area contributed by atoms with Gasteiger partial charge in [-0.05, 0) is 23.6 Å². The first kappa shape index (κ1) is 12.3. The highest BCUT2D eigenvalue weighted by Crippen LogP contribution is 2.32. The number of rotatable bonds is 4. The molecule has 0 saturated carbocycles. The maximum Gasteiger partial charge on any atom is 0.143 e. The number of ether oxygens (including phenoxy) is 1. The van der Waals surface area contributed by atoms with Gasteiger partial charge in [0.1, 0.15) is 5.75 Å². The largest absolute Gasteiger partial charge is 0.495 e. The lowest BCUT2D eigenvalue weighted by Crippen LogP contribution is -2.03. The van der Waals surface area contributed by atoms with Gasteiger partial charge in [0.15, 0.2) is 0 Å². The van der Waals surface area contributed by atoms with Crippen LogP contribution in [0, 0.1) is 0 Å². The molecule has 0 radical (unpaired) electrons. The SMILES string of the molecule is COc1c(Cl)cc(C(C)C)cc1CON. The molecule has 0 unspecified atom stereocenters. The van der Waals surface area contributed by atoms with Crippen LogP contribution in [0.3, 0.4) is 0 Å². The highest BCUT2D eigenvalue weighted by atomic mass is 35.5. The van der Waals surface area contributed by atoms with E-state index in [2.05, 4.69) is 18.7 Å². The van der Waals surface area contributed by atoms with Crippen molar-refractivity contribution in [3.63, 3.8) is 0 Å². The number of methoxy groups -OCH3 is 1. The zero-order valence-electron chi connectivity index (χ0n) is 9.21. The van der Waals surface area contributed by atoms with Crippen molar-refractivity contribution in [1.82, 2.24) is 0 Å². The molecule has 4 heteroatoms. The van der Waals surface area contributed by atoms with Gasteiger partial charge < -0.3 is 4.74 Å². The molecule has 84 valence electrons. The topological polar surface area (TPSA) is 44.5 Å². The maximum atomic E-state index is 6.09. The van der Waals surface area contributed by atoms with Crippen molar-refractivity contribution in [1.29, 1.82) is 0 Å².